The third-order valence-corrected chi connectivity index (χ3v) is 2.00. The number of aromatic nitrogens is 1. The molecule has 0 radical (unpaired) electrons. The van der Waals surface area contributed by atoms with E-state index in [1.54, 1.807) is 6.20 Å². The van der Waals surface area contributed by atoms with E-state index in [-0.39, 0.29) is 0 Å². The van der Waals surface area contributed by atoms with Gasteiger partial charge < -0.3 is 5.32 Å². The van der Waals surface area contributed by atoms with E-state index in [0.717, 1.165) is 16.6 Å². The Hall–Kier alpha value is -2.08. The molecule has 0 fully saturated rings. The van der Waals surface area contributed by atoms with Crippen molar-refractivity contribution < 1.29 is 0 Å². The van der Waals surface area contributed by atoms with E-state index >= 15 is 0 Å². The third kappa shape index (κ3) is 1.50. The molecule has 0 aliphatic carbocycles. The van der Waals surface area contributed by atoms with Crippen LogP contribution < -0.4 is 5.32 Å². The lowest BCUT2D eigenvalue weighted by molar-refractivity contribution is 1.32. The lowest BCUT2D eigenvalue weighted by Crippen LogP contribution is -1.98. The van der Waals surface area contributed by atoms with Gasteiger partial charge in [-0.25, -0.2) is 0 Å². The summed E-state index contributed by atoms with van der Waals surface area (Å²) in [6.45, 7) is 0.313. The van der Waals surface area contributed by atoms with Crippen LogP contribution in [0, 0.1) is 11.3 Å². The van der Waals surface area contributed by atoms with Gasteiger partial charge in [0.15, 0.2) is 0 Å². The van der Waals surface area contributed by atoms with Gasteiger partial charge in [0.2, 0.25) is 0 Å². The summed E-state index contributed by atoms with van der Waals surface area (Å²) >= 11 is 0. The number of fused-ring (bicyclic) bond motifs is 1. The normalized spacial score (nSPS) is 9.64. The topological polar surface area (TPSA) is 48.7 Å². The molecule has 0 spiro atoms. The van der Waals surface area contributed by atoms with E-state index in [9.17, 15) is 0 Å². The van der Waals surface area contributed by atoms with Gasteiger partial charge in [0, 0.05) is 17.3 Å². The second-order valence-electron chi connectivity index (χ2n) is 2.89. The van der Waals surface area contributed by atoms with Gasteiger partial charge in [0.05, 0.1) is 11.6 Å². The van der Waals surface area contributed by atoms with Crippen molar-refractivity contribution >= 4 is 16.6 Å². The summed E-state index contributed by atoms with van der Waals surface area (Å²) < 4.78 is 0. The van der Waals surface area contributed by atoms with E-state index in [1.807, 2.05) is 36.4 Å². The number of pyridine rings is 1. The zero-order valence-electron chi connectivity index (χ0n) is 7.57. The van der Waals surface area contributed by atoms with Gasteiger partial charge in [0.25, 0.3) is 0 Å². The third-order valence-electron chi connectivity index (χ3n) is 2.00. The molecule has 0 aliphatic rings. The maximum Gasteiger partial charge on any atom is 0.103 e. The maximum absolute atomic E-state index is 8.47. The molecule has 0 unspecified atom stereocenters. The van der Waals surface area contributed by atoms with Gasteiger partial charge in [-0.3, -0.25) is 4.98 Å². The van der Waals surface area contributed by atoms with E-state index in [4.69, 9.17) is 5.26 Å². The molecule has 1 aromatic heterocycles. The second kappa shape index (κ2) is 3.75. The lowest BCUT2D eigenvalue weighted by Gasteiger charge is -2.05. The van der Waals surface area contributed by atoms with Crippen molar-refractivity contribution in [3.63, 3.8) is 0 Å². The van der Waals surface area contributed by atoms with Crippen molar-refractivity contribution in [1.82, 2.24) is 4.98 Å². The fourth-order valence-electron chi connectivity index (χ4n) is 1.39. The first kappa shape index (κ1) is 8.52. The van der Waals surface area contributed by atoms with E-state index in [1.165, 1.54) is 0 Å². The van der Waals surface area contributed by atoms with Crippen molar-refractivity contribution in [3.05, 3.63) is 36.5 Å². The summed E-state index contributed by atoms with van der Waals surface area (Å²) in [6.07, 6.45) is 1.76. The van der Waals surface area contributed by atoms with Gasteiger partial charge in [-0.2, -0.15) is 5.26 Å². The molecule has 0 aliphatic heterocycles. The molecule has 1 aromatic carbocycles. The van der Waals surface area contributed by atoms with Crippen LogP contribution in [0.1, 0.15) is 0 Å². The minimum atomic E-state index is 0.313. The Morgan fingerprint density at radius 3 is 3.07 bits per heavy atom. The molecule has 2 aromatic rings. The first-order valence-electron chi connectivity index (χ1n) is 4.36. The smallest absolute Gasteiger partial charge is 0.103 e. The van der Waals surface area contributed by atoms with Gasteiger partial charge in [-0.1, -0.05) is 6.07 Å². The number of benzene rings is 1. The largest absolute Gasteiger partial charge is 0.372 e. The van der Waals surface area contributed by atoms with E-state index < -0.39 is 0 Å². The molecular formula is C11H9N3. The molecule has 14 heavy (non-hydrogen) atoms. The van der Waals surface area contributed by atoms with Crippen molar-refractivity contribution in [2.24, 2.45) is 0 Å². The van der Waals surface area contributed by atoms with Crippen LogP contribution in [0.3, 0.4) is 0 Å². The van der Waals surface area contributed by atoms with Crippen LogP contribution in [0.25, 0.3) is 10.9 Å². The number of nitrogens with zero attached hydrogens (tertiary/aromatic N) is 2. The average Bonchev–Trinajstić information content (AvgIpc) is 2.26. The van der Waals surface area contributed by atoms with Crippen LogP contribution in [0.15, 0.2) is 36.5 Å². The Kier molecular flexibility index (Phi) is 2.28. The Balaban J connectivity index is 2.49. The van der Waals surface area contributed by atoms with Crippen LogP contribution in [-0.2, 0) is 0 Å². The predicted molar refractivity (Wildman–Crippen MR) is 55.8 cm³/mol. The Labute approximate surface area is 82.0 Å². The average molecular weight is 183 g/mol. The molecule has 1 N–H and O–H groups in total. The van der Waals surface area contributed by atoms with Crippen LogP contribution in [0.4, 0.5) is 5.69 Å². The molecule has 0 atom stereocenters. The minimum Gasteiger partial charge on any atom is -0.372 e. The monoisotopic (exact) mass is 183 g/mol. The highest BCUT2D eigenvalue weighted by Crippen LogP contribution is 2.20. The maximum atomic E-state index is 8.47. The number of nitriles is 1. The highest BCUT2D eigenvalue weighted by molar-refractivity contribution is 5.91. The lowest BCUT2D eigenvalue weighted by atomic mass is 10.2. The summed E-state index contributed by atoms with van der Waals surface area (Å²) in [7, 11) is 0. The van der Waals surface area contributed by atoms with Crippen molar-refractivity contribution in [2.75, 3.05) is 11.9 Å². The second-order valence-corrected chi connectivity index (χ2v) is 2.89. The zero-order chi connectivity index (χ0) is 9.80. The highest BCUT2D eigenvalue weighted by Gasteiger charge is 1.98. The first-order chi connectivity index (χ1) is 6.92. The van der Waals surface area contributed by atoms with Gasteiger partial charge in [0.1, 0.15) is 6.54 Å². The number of hydrogen-bond donors (Lipinski definition) is 1. The fourth-order valence-corrected chi connectivity index (χ4v) is 1.39. The van der Waals surface area contributed by atoms with Crippen molar-refractivity contribution in [3.8, 4) is 6.07 Å². The quantitative estimate of drug-likeness (QED) is 0.726. The van der Waals surface area contributed by atoms with Crippen LogP contribution in [0.2, 0.25) is 0 Å². The van der Waals surface area contributed by atoms with Crippen molar-refractivity contribution in [2.45, 2.75) is 0 Å². The number of hydrogen-bond acceptors (Lipinski definition) is 3. The summed E-state index contributed by atoms with van der Waals surface area (Å²) in [5.74, 6) is 0. The molecule has 0 bridgehead atoms. The van der Waals surface area contributed by atoms with Gasteiger partial charge in [-0.15, -0.1) is 0 Å². The first-order valence-corrected chi connectivity index (χ1v) is 4.36. The minimum absolute atomic E-state index is 0.313. The van der Waals surface area contributed by atoms with Crippen molar-refractivity contribution in [1.29, 1.82) is 5.26 Å². The Bertz CT molecular complexity index is 480. The molecule has 0 saturated heterocycles. The summed E-state index contributed by atoms with van der Waals surface area (Å²) in [4.78, 5) is 4.23. The zero-order valence-corrected chi connectivity index (χ0v) is 7.57. The van der Waals surface area contributed by atoms with Crippen LogP contribution in [-0.4, -0.2) is 11.5 Å². The Morgan fingerprint density at radius 1 is 1.29 bits per heavy atom. The molecule has 3 heteroatoms. The van der Waals surface area contributed by atoms with E-state index in [0.29, 0.717) is 6.54 Å². The summed E-state index contributed by atoms with van der Waals surface area (Å²) in [6, 6.07) is 11.7. The summed E-state index contributed by atoms with van der Waals surface area (Å²) in [5.41, 5.74) is 1.90. The van der Waals surface area contributed by atoms with E-state index in [2.05, 4.69) is 10.3 Å². The molecule has 0 saturated carbocycles. The molecule has 68 valence electrons. The molecule has 0 amide bonds. The van der Waals surface area contributed by atoms with Crippen LogP contribution >= 0.6 is 0 Å². The molecular weight excluding hydrogens is 174 g/mol. The van der Waals surface area contributed by atoms with Gasteiger partial charge >= 0.3 is 0 Å². The number of nitrogens with one attached hydrogen (secondary N) is 1. The highest BCUT2D eigenvalue weighted by atomic mass is 14.9. The SMILES string of the molecule is N#CCNc1cccc2ncccc12. The number of rotatable bonds is 2. The number of anilines is 1. The van der Waals surface area contributed by atoms with Gasteiger partial charge in [-0.05, 0) is 24.3 Å². The Morgan fingerprint density at radius 2 is 2.21 bits per heavy atom. The standard InChI is InChI=1S/C11H9N3/c12-6-8-14-11-5-1-4-10-9(11)3-2-7-13-10/h1-5,7,14H,8H2. The van der Waals surface area contributed by atoms with Crippen LogP contribution in [0.5, 0.6) is 0 Å². The summed E-state index contributed by atoms with van der Waals surface area (Å²) in [5, 5.41) is 12.6. The molecule has 2 rings (SSSR count). The fraction of sp³-hybridized carbons (Fsp3) is 0.0909. The predicted octanol–water partition coefficient (Wildman–Crippen LogP) is 2.17. The molecule has 1 heterocycles. The molecule has 3 nitrogen and oxygen atoms in total.